The number of nitrogens with zero attached hydrogens (tertiary/aromatic N) is 1. The number of carboxylic acids is 2. The van der Waals surface area contributed by atoms with Gasteiger partial charge in [-0.1, -0.05) is 0 Å². The van der Waals surface area contributed by atoms with Crippen LogP contribution in [0.2, 0.25) is 0 Å². The summed E-state index contributed by atoms with van der Waals surface area (Å²) in [5.74, 6) is -0.0779. The molecule has 0 heterocycles. The minimum atomic E-state index is -1.27. The Bertz CT molecular complexity index is 332. The number of amides is 2. The van der Waals surface area contributed by atoms with Crippen LogP contribution in [0.4, 0.5) is 4.79 Å². The van der Waals surface area contributed by atoms with Gasteiger partial charge in [-0.15, -0.1) is 12.3 Å². The van der Waals surface area contributed by atoms with Crippen LogP contribution < -0.4 is 5.32 Å². The van der Waals surface area contributed by atoms with Crippen molar-refractivity contribution in [3.8, 4) is 12.3 Å². The zero-order chi connectivity index (χ0) is 14.0. The minimum absolute atomic E-state index is 0.330. The molecule has 0 saturated carbocycles. The molecule has 0 aliphatic heterocycles. The van der Waals surface area contributed by atoms with E-state index in [1.807, 2.05) is 0 Å². The second-order valence-corrected chi connectivity index (χ2v) is 3.54. The third-order valence-electron chi connectivity index (χ3n) is 1.96. The highest BCUT2D eigenvalue weighted by Gasteiger charge is 2.18. The molecule has 0 aliphatic carbocycles. The van der Waals surface area contributed by atoms with Gasteiger partial charge in [-0.3, -0.25) is 9.59 Å². The van der Waals surface area contributed by atoms with Crippen molar-refractivity contribution in [2.24, 2.45) is 0 Å². The number of unbranched alkanes of at least 4 members (excludes halogenated alkanes) is 2. The van der Waals surface area contributed by atoms with Gasteiger partial charge in [0.05, 0.1) is 0 Å². The SMILES string of the molecule is C#CCCCCNC(=O)N(CC(=O)O)CC(=O)O. The highest BCUT2D eigenvalue weighted by molar-refractivity contribution is 5.84. The fourth-order valence-corrected chi connectivity index (χ4v) is 1.19. The van der Waals surface area contributed by atoms with Gasteiger partial charge >= 0.3 is 18.0 Å². The lowest BCUT2D eigenvalue weighted by molar-refractivity contribution is -0.140. The van der Waals surface area contributed by atoms with Crippen LogP contribution in [0.15, 0.2) is 0 Å². The van der Waals surface area contributed by atoms with Crippen molar-refractivity contribution in [3.63, 3.8) is 0 Å². The fourth-order valence-electron chi connectivity index (χ4n) is 1.19. The number of terminal acetylenes is 1. The van der Waals surface area contributed by atoms with Crippen molar-refractivity contribution in [1.82, 2.24) is 10.2 Å². The van der Waals surface area contributed by atoms with Crippen LogP contribution >= 0.6 is 0 Å². The maximum absolute atomic E-state index is 11.5. The van der Waals surface area contributed by atoms with Crippen LogP contribution in [0, 0.1) is 12.3 Å². The molecule has 0 aliphatic rings. The Kier molecular flexibility index (Phi) is 7.77. The van der Waals surface area contributed by atoms with E-state index in [0.717, 1.165) is 6.42 Å². The molecule has 0 aromatic carbocycles. The van der Waals surface area contributed by atoms with E-state index >= 15 is 0 Å². The summed E-state index contributed by atoms with van der Waals surface area (Å²) in [7, 11) is 0. The lowest BCUT2D eigenvalue weighted by Crippen LogP contribution is -2.45. The Balaban J connectivity index is 4.09. The van der Waals surface area contributed by atoms with E-state index in [0.29, 0.717) is 24.3 Å². The molecule has 0 rings (SSSR count). The van der Waals surface area contributed by atoms with Crippen LogP contribution in [0.5, 0.6) is 0 Å². The summed E-state index contributed by atoms with van der Waals surface area (Å²) in [6.07, 6.45) is 7.05. The van der Waals surface area contributed by atoms with E-state index in [1.54, 1.807) is 0 Å². The molecule has 0 spiro atoms. The zero-order valence-electron chi connectivity index (χ0n) is 9.89. The average molecular weight is 256 g/mol. The third kappa shape index (κ3) is 7.98. The standard InChI is InChI=1S/C11H16N2O5/c1-2-3-4-5-6-12-11(18)13(7-9(14)15)8-10(16)17/h1H,3-8H2,(H,12,18)(H,14,15)(H,16,17). The quantitative estimate of drug-likeness (QED) is 0.417. The van der Waals surface area contributed by atoms with Gasteiger partial charge in [0.25, 0.3) is 0 Å². The predicted molar refractivity (Wildman–Crippen MR) is 62.9 cm³/mol. The number of aliphatic carboxylic acids is 2. The van der Waals surface area contributed by atoms with Crippen LogP contribution in [-0.2, 0) is 9.59 Å². The molecular formula is C11H16N2O5. The molecule has 18 heavy (non-hydrogen) atoms. The topological polar surface area (TPSA) is 107 Å². The highest BCUT2D eigenvalue weighted by Crippen LogP contribution is 1.94. The summed E-state index contributed by atoms with van der Waals surface area (Å²) in [4.78, 5) is 33.2. The second kappa shape index (κ2) is 8.87. The van der Waals surface area contributed by atoms with Gasteiger partial charge in [-0.2, -0.15) is 0 Å². The summed E-state index contributed by atoms with van der Waals surface area (Å²) in [6, 6.07) is -0.708. The van der Waals surface area contributed by atoms with E-state index in [-0.39, 0.29) is 0 Å². The summed E-state index contributed by atoms with van der Waals surface area (Å²) in [5, 5.41) is 19.5. The molecule has 2 amide bonds. The Morgan fingerprint density at radius 3 is 2.11 bits per heavy atom. The molecule has 0 aromatic heterocycles. The molecule has 3 N–H and O–H groups in total. The van der Waals surface area contributed by atoms with Gasteiger partial charge in [0.2, 0.25) is 0 Å². The molecule has 0 radical (unpaired) electrons. The van der Waals surface area contributed by atoms with Crippen molar-refractivity contribution in [2.75, 3.05) is 19.6 Å². The summed E-state index contributed by atoms with van der Waals surface area (Å²) in [5.41, 5.74) is 0. The van der Waals surface area contributed by atoms with Gasteiger partial charge in [0, 0.05) is 13.0 Å². The summed E-state index contributed by atoms with van der Waals surface area (Å²) in [6.45, 7) is -0.971. The van der Waals surface area contributed by atoms with Crippen LogP contribution in [-0.4, -0.2) is 52.7 Å². The van der Waals surface area contributed by atoms with Crippen molar-refractivity contribution < 1.29 is 24.6 Å². The second-order valence-electron chi connectivity index (χ2n) is 3.54. The number of hydrogen-bond donors (Lipinski definition) is 3. The molecule has 7 heteroatoms. The van der Waals surface area contributed by atoms with E-state index in [4.69, 9.17) is 16.6 Å². The molecule has 0 bridgehead atoms. The Labute approximate surface area is 105 Å². The number of carbonyl (C=O) groups is 3. The number of nitrogens with one attached hydrogen (secondary N) is 1. The lowest BCUT2D eigenvalue weighted by Gasteiger charge is -2.18. The monoisotopic (exact) mass is 256 g/mol. The molecule has 0 aromatic rings. The first-order valence-electron chi connectivity index (χ1n) is 5.37. The number of hydrogen-bond acceptors (Lipinski definition) is 3. The maximum atomic E-state index is 11.5. The Hall–Kier alpha value is -2.23. The molecule has 100 valence electrons. The summed E-state index contributed by atoms with van der Waals surface area (Å²) < 4.78 is 0. The van der Waals surface area contributed by atoms with Gasteiger partial charge < -0.3 is 20.4 Å². The predicted octanol–water partition coefficient (Wildman–Crippen LogP) is -0.0293. The number of rotatable bonds is 8. The van der Waals surface area contributed by atoms with Gasteiger partial charge in [-0.05, 0) is 12.8 Å². The molecule has 0 fully saturated rings. The van der Waals surface area contributed by atoms with Gasteiger partial charge in [0.15, 0.2) is 0 Å². The van der Waals surface area contributed by atoms with E-state index in [1.165, 1.54) is 0 Å². The first-order valence-corrected chi connectivity index (χ1v) is 5.37. The first-order chi connectivity index (χ1) is 8.47. The van der Waals surface area contributed by atoms with Gasteiger partial charge in [-0.25, -0.2) is 4.79 Å². The molecular weight excluding hydrogens is 240 g/mol. The molecule has 0 unspecified atom stereocenters. The van der Waals surface area contributed by atoms with Crippen molar-refractivity contribution >= 4 is 18.0 Å². The van der Waals surface area contributed by atoms with Gasteiger partial charge in [0.1, 0.15) is 13.1 Å². The smallest absolute Gasteiger partial charge is 0.323 e. The number of carboxylic acid groups (broad SMARTS) is 2. The van der Waals surface area contributed by atoms with Crippen LogP contribution in [0.25, 0.3) is 0 Å². The molecule has 0 atom stereocenters. The van der Waals surface area contributed by atoms with Crippen molar-refractivity contribution in [1.29, 1.82) is 0 Å². The Morgan fingerprint density at radius 2 is 1.67 bits per heavy atom. The third-order valence-corrected chi connectivity index (χ3v) is 1.96. The number of urea groups is 1. The largest absolute Gasteiger partial charge is 0.480 e. The number of carbonyl (C=O) groups excluding carboxylic acids is 1. The summed E-state index contributed by atoms with van der Waals surface area (Å²) >= 11 is 0. The zero-order valence-corrected chi connectivity index (χ0v) is 9.89. The van der Waals surface area contributed by atoms with E-state index < -0.39 is 31.1 Å². The van der Waals surface area contributed by atoms with Crippen LogP contribution in [0.3, 0.4) is 0 Å². The highest BCUT2D eigenvalue weighted by atomic mass is 16.4. The van der Waals surface area contributed by atoms with Crippen LogP contribution in [0.1, 0.15) is 19.3 Å². The average Bonchev–Trinajstić information content (AvgIpc) is 2.26. The van der Waals surface area contributed by atoms with E-state index in [9.17, 15) is 14.4 Å². The fraction of sp³-hybridized carbons (Fsp3) is 0.545. The minimum Gasteiger partial charge on any atom is -0.480 e. The molecule has 0 saturated heterocycles. The Morgan fingerprint density at radius 1 is 1.11 bits per heavy atom. The van der Waals surface area contributed by atoms with Crippen molar-refractivity contribution in [2.45, 2.75) is 19.3 Å². The maximum Gasteiger partial charge on any atom is 0.323 e. The first kappa shape index (κ1) is 15.8. The lowest BCUT2D eigenvalue weighted by atomic mass is 10.2. The molecule has 7 nitrogen and oxygen atoms in total. The van der Waals surface area contributed by atoms with Crippen molar-refractivity contribution in [3.05, 3.63) is 0 Å². The normalized spacial score (nSPS) is 9.28. The van der Waals surface area contributed by atoms with E-state index in [2.05, 4.69) is 11.2 Å².